The van der Waals surface area contributed by atoms with Crippen molar-refractivity contribution < 1.29 is 101 Å². The Balaban J connectivity index is 1.37. The molecule has 0 aromatic heterocycles. The molecule has 3 rings (SSSR count). The summed E-state index contributed by atoms with van der Waals surface area (Å²) >= 11 is 0. The largest absolute Gasteiger partial charge is 0.756 e. The Labute approximate surface area is 500 Å². The molecule has 7 atom stereocenters. The van der Waals surface area contributed by atoms with E-state index in [1.165, 1.54) is 79.4 Å². The fourth-order valence-corrected chi connectivity index (χ4v) is 8.58. The number of allylic oxidation sites excluding steroid dienone is 4. The third-order valence-electron chi connectivity index (χ3n) is 13.0. The minimum absolute atomic E-state index is 0.0510. The van der Waals surface area contributed by atoms with Gasteiger partial charge in [-0.25, -0.2) is 14.4 Å². The minimum Gasteiger partial charge on any atom is -0.756 e. The summed E-state index contributed by atoms with van der Waals surface area (Å²) in [5, 5.41) is 27.0. The number of nitrogens with zero attached hydrogens (tertiary/aromatic N) is 3. The van der Waals surface area contributed by atoms with Gasteiger partial charge in [0.05, 0.1) is 52.3 Å². The molecule has 27 nitrogen and oxygen atoms in total. The summed E-state index contributed by atoms with van der Waals surface area (Å²) in [6, 6.07) is 5.44. The molecule has 0 saturated heterocycles. The Morgan fingerprint density at radius 1 is 0.860 bits per heavy atom. The zero-order valence-electron chi connectivity index (χ0n) is 49.2. The Morgan fingerprint density at radius 2 is 1.48 bits per heavy atom. The number of amides is 7. The van der Waals surface area contributed by atoms with Crippen LogP contribution in [-0.2, 0) is 77.7 Å². The van der Waals surface area contributed by atoms with E-state index in [-0.39, 0.29) is 122 Å². The minimum atomic E-state index is -5.35. The Kier molecular flexibility index (Phi) is 32.9. The molecule has 2 aliphatic heterocycles. The number of aliphatic hydroxyl groups excluding tert-OH is 1. The monoisotopic (exact) mass is 1230 g/mol. The fourth-order valence-electron chi connectivity index (χ4n) is 7.95. The van der Waals surface area contributed by atoms with E-state index in [9.17, 15) is 67.7 Å². The first-order chi connectivity index (χ1) is 40.7. The van der Waals surface area contributed by atoms with E-state index in [2.05, 4.69) is 15.2 Å². The molecule has 1 unspecified atom stereocenters. The van der Waals surface area contributed by atoms with Gasteiger partial charge in [0.15, 0.2) is 0 Å². The van der Waals surface area contributed by atoms with Crippen molar-refractivity contribution in [3.63, 3.8) is 0 Å². The van der Waals surface area contributed by atoms with Gasteiger partial charge in [0.2, 0.25) is 17.7 Å². The lowest BCUT2D eigenvalue weighted by atomic mass is 9.88. The van der Waals surface area contributed by atoms with Gasteiger partial charge in [0.1, 0.15) is 42.8 Å². The van der Waals surface area contributed by atoms with Gasteiger partial charge in [-0.2, -0.15) is 0 Å². The van der Waals surface area contributed by atoms with E-state index in [1.807, 2.05) is 0 Å². The number of primary amides is 1. The molecule has 0 fully saturated rings. The number of anilines is 1. The highest BCUT2D eigenvalue weighted by Gasteiger charge is 2.35. The highest BCUT2D eigenvalue weighted by atomic mass is 31.2. The molecule has 0 radical (unpaired) electrons. The summed E-state index contributed by atoms with van der Waals surface area (Å²) in [7, 11) is -2.37. The number of phosphoric acid groups is 1. The SMILES string of the molecule is CC(C)[C@H](CC(=O)CCOCCOCCOCCN1C(=O)C=CC1=O)C(=O)N[C@@H](CCCCC(N)=O)C(=O)Nc1ccc(COC(=O)N(C)CCN(C)C(=O)OC\C=C/C=C\C=C/[C@@H](O)C[C@H](OP(=O)([O-])O)[C@@](C)(O)/C=C/[C@@H]2CC=CC(=O)O2)cc1. The van der Waals surface area contributed by atoms with Gasteiger partial charge in [-0.05, 0) is 55.5 Å². The van der Waals surface area contributed by atoms with Crippen LogP contribution in [0.15, 0.2) is 97.2 Å². The second-order valence-corrected chi connectivity index (χ2v) is 21.7. The van der Waals surface area contributed by atoms with Gasteiger partial charge in [0, 0.05) is 89.1 Å². The van der Waals surface area contributed by atoms with Crippen molar-refractivity contribution in [1.82, 2.24) is 20.0 Å². The quantitative estimate of drug-likeness (QED) is 0.0104. The van der Waals surface area contributed by atoms with Crippen molar-refractivity contribution in [2.75, 3.05) is 85.3 Å². The van der Waals surface area contributed by atoms with Crippen molar-refractivity contribution in [2.45, 2.75) is 109 Å². The van der Waals surface area contributed by atoms with E-state index < -0.39 is 86.0 Å². The molecule has 7 amide bonds. The molecule has 0 saturated carbocycles. The number of aliphatic hydroxyl groups is 2. The molecule has 0 bridgehead atoms. The van der Waals surface area contributed by atoms with Crippen LogP contribution in [0.5, 0.6) is 0 Å². The zero-order chi connectivity index (χ0) is 63.7. The number of carbonyl (C=O) groups excluding carboxylic acids is 9. The van der Waals surface area contributed by atoms with Crippen molar-refractivity contribution in [3.8, 4) is 0 Å². The first kappa shape index (κ1) is 73.1. The molecule has 7 N–H and O–H groups in total. The molecule has 476 valence electrons. The van der Waals surface area contributed by atoms with Crippen molar-refractivity contribution >= 4 is 67.0 Å². The first-order valence-corrected chi connectivity index (χ1v) is 29.5. The number of Topliss-reactive ketones (excluding diaryl/α,β-unsaturated/α-hetero) is 1. The number of unbranched alkanes of at least 4 members (excludes halogenated alkanes) is 1. The average molecular weight is 1230 g/mol. The number of benzene rings is 1. The number of hydrogen-bond donors (Lipinski definition) is 6. The second kappa shape index (κ2) is 38.8. The van der Waals surface area contributed by atoms with Gasteiger partial charge in [-0.15, -0.1) is 0 Å². The molecule has 1 aromatic carbocycles. The molecule has 2 aliphatic rings. The molecular weight excluding hydrogens is 1150 g/mol. The normalized spacial score (nSPS) is 17.2. The second-order valence-electron chi connectivity index (χ2n) is 20.5. The summed E-state index contributed by atoms with van der Waals surface area (Å²) in [6.45, 7) is 6.14. The lowest BCUT2D eigenvalue weighted by Gasteiger charge is -2.34. The standard InChI is InChI=1S/C58H83N6O21P/c1-41(2)47(38-45(66)26-32-79-34-36-81-37-35-80-33-30-64-51(68)23-24-52(64)69)54(71)61-48(16-10-11-17-50(59)67)55(72)60-43-21-19-42(20-22-43)40-83-57(74)63(5)29-28-62(4)56(73)82-31-12-8-6-7-9-14-44(65)39-49(85-86(76,77)78)58(3,75)27-25-46-15-13-18-53(70)84-46/h6-9,12-14,18-25,27,41,44,46-49,65,75H,10-11,15-17,26,28-40H2,1-5H3,(H2,59,67)(H,60,72)(H,61,71)(H2,76,77,78)/p-1/b7-6-,12-8-,14-9-,27-25+/t44-,46+,47+,48+,49+,58+/m1/s1. The molecule has 0 aliphatic carbocycles. The van der Waals surface area contributed by atoms with Crippen LogP contribution in [0.25, 0.3) is 0 Å². The highest BCUT2D eigenvalue weighted by Crippen LogP contribution is 2.38. The Morgan fingerprint density at radius 3 is 2.09 bits per heavy atom. The number of nitrogens with two attached hydrogens (primary N) is 1. The van der Waals surface area contributed by atoms with Gasteiger partial charge >= 0.3 is 18.2 Å². The third kappa shape index (κ3) is 30.2. The lowest BCUT2D eigenvalue weighted by Crippen LogP contribution is -2.47. The molecule has 2 heterocycles. The number of rotatable bonds is 41. The van der Waals surface area contributed by atoms with Crippen LogP contribution >= 0.6 is 7.82 Å². The zero-order valence-corrected chi connectivity index (χ0v) is 50.1. The predicted octanol–water partition coefficient (Wildman–Crippen LogP) is 2.83. The third-order valence-corrected chi connectivity index (χ3v) is 13.5. The fraction of sp³-hybridized carbons (Fsp3) is 0.534. The summed E-state index contributed by atoms with van der Waals surface area (Å²) in [6.07, 6.45) is 12.4. The number of ether oxygens (including phenoxy) is 6. The number of esters is 1. The van der Waals surface area contributed by atoms with Crippen molar-refractivity contribution in [3.05, 3.63) is 103 Å². The summed E-state index contributed by atoms with van der Waals surface area (Å²) < 4.78 is 48.4. The number of hydrogen-bond acceptors (Lipinski definition) is 20. The summed E-state index contributed by atoms with van der Waals surface area (Å²) in [5.41, 5.74) is 4.26. The van der Waals surface area contributed by atoms with Crippen LogP contribution in [-0.4, -0.2) is 193 Å². The molecule has 28 heteroatoms. The predicted molar refractivity (Wildman–Crippen MR) is 308 cm³/mol. The Bertz CT molecular complexity index is 2610. The Hall–Kier alpha value is -7.20. The molecule has 86 heavy (non-hydrogen) atoms. The number of cyclic esters (lactones) is 1. The lowest BCUT2D eigenvalue weighted by molar-refractivity contribution is -0.230. The number of ketones is 1. The van der Waals surface area contributed by atoms with Crippen LogP contribution in [0.3, 0.4) is 0 Å². The molecule has 1 aromatic rings. The van der Waals surface area contributed by atoms with Crippen LogP contribution in [0, 0.1) is 11.8 Å². The topological polar surface area (TPSA) is 379 Å². The van der Waals surface area contributed by atoms with E-state index in [0.717, 1.165) is 11.0 Å². The van der Waals surface area contributed by atoms with Gasteiger partial charge < -0.3 is 79.1 Å². The summed E-state index contributed by atoms with van der Waals surface area (Å²) in [4.78, 5) is 136. The van der Waals surface area contributed by atoms with E-state index in [1.54, 1.807) is 56.3 Å². The maximum Gasteiger partial charge on any atom is 0.409 e. The maximum atomic E-state index is 13.7. The van der Waals surface area contributed by atoms with Gasteiger partial charge in [-0.1, -0.05) is 74.9 Å². The maximum absolute atomic E-state index is 13.7. The van der Waals surface area contributed by atoms with Crippen LogP contribution < -0.4 is 21.3 Å². The van der Waals surface area contributed by atoms with E-state index >= 15 is 0 Å². The van der Waals surface area contributed by atoms with Crippen LogP contribution in [0.4, 0.5) is 15.3 Å². The van der Waals surface area contributed by atoms with Gasteiger partial charge in [-0.3, -0.25) is 38.2 Å². The number of carbonyl (C=O) groups is 9. The van der Waals surface area contributed by atoms with Crippen LogP contribution in [0.2, 0.25) is 0 Å². The average Bonchev–Trinajstić information content (AvgIpc) is 3.91. The van der Waals surface area contributed by atoms with E-state index in [0.29, 0.717) is 30.5 Å². The van der Waals surface area contributed by atoms with Gasteiger partial charge in [0.25, 0.3) is 19.6 Å². The molecule has 0 spiro atoms. The number of phosphoric ester groups is 1. The van der Waals surface area contributed by atoms with Crippen LogP contribution in [0.1, 0.15) is 77.7 Å². The summed E-state index contributed by atoms with van der Waals surface area (Å²) in [5.74, 6) is -4.08. The van der Waals surface area contributed by atoms with Crippen molar-refractivity contribution in [2.24, 2.45) is 17.6 Å². The molecular formula is C58H82N6O21P-. The number of likely N-dealkylation sites (N-methyl/N-ethyl adjacent to an activating group) is 2. The smallest absolute Gasteiger partial charge is 0.409 e. The highest BCUT2D eigenvalue weighted by molar-refractivity contribution is 7.44. The van der Waals surface area contributed by atoms with Crippen molar-refractivity contribution in [1.29, 1.82) is 0 Å². The first-order valence-electron chi connectivity index (χ1n) is 28.0. The number of imide groups is 1. The number of nitrogens with one attached hydrogen (secondary N) is 2. The van der Waals surface area contributed by atoms with E-state index in [4.69, 9.17) is 34.2 Å².